The van der Waals surface area contributed by atoms with Crippen LogP contribution in [0, 0.1) is 6.92 Å². The fraction of sp³-hybridized carbons (Fsp3) is 0.114. The fourth-order valence-electron chi connectivity index (χ4n) is 5.70. The van der Waals surface area contributed by atoms with Gasteiger partial charge in [-0.2, -0.15) is 0 Å². The maximum atomic E-state index is 13.3. The molecule has 0 bridgehead atoms. The van der Waals surface area contributed by atoms with Crippen molar-refractivity contribution in [1.29, 1.82) is 0 Å². The predicted molar refractivity (Wildman–Crippen MR) is 158 cm³/mol. The molecule has 2 aliphatic rings. The highest BCUT2D eigenvalue weighted by atomic mass is 16.6. The number of hydrogen-bond acceptors (Lipinski definition) is 5. The highest BCUT2D eigenvalue weighted by molar-refractivity contribution is 5.97. The second kappa shape index (κ2) is 9.31. The number of carbonyl (C=O) groups is 1. The molecular weight excluding hydrogens is 496 g/mol. The number of nitrogens with one attached hydrogen (secondary N) is 2. The van der Waals surface area contributed by atoms with E-state index >= 15 is 0 Å². The number of fused-ring (bicyclic) bond motifs is 6. The minimum Gasteiger partial charge on any atom is -0.456 e. The molecule has 1 atom stereocenters. The lowest BCUT2D eigenvalue weighted by Gasteiger charge is -2.37. The molecule has 1 spiro atoms. The van der Waals surface area contributed by atoms with Gasteiger partial charge in [0.05, 0.1) is 5.56 Å². The average molecular weight is 525 g/mol. The first-order valence-electron chi connectivity index (χ1n) is 13.5. The lowest BCUT2D eigenvalue weighted by Crippen LogP contribution is -2.33. The van der Waals surface area contributed by atoms with E-state index < -0.39 is 5.60 Å². The summed E-state index contributed by atoms with van der Waals surface area (Å²) in [6.07, 6.45) is 0.991. The summed E-state index contributed by atoms with van der Waals surface area (Å²) in [7, 11) is 0. The number of hydrogen-bond donors (Lipinski definition) is 2. The van der Waals surface area contributed by atoms with Crippen LogP contribution in [0.15, 0.2) is 109 Å². The number of aryl methyl sites for hydroxylation is 2. The van der Waals surface area contributed by atoms with Crippen LogP contribution in [-0.2, 0) is 16.8 Å². The van der Waals surface area contributed by atoms with E-state index in [-0.39, 0.29) is 5.97 Å². The maximum absolute atomic E-state index is 13.3. The van der Waals surface area contributed by atoms with Gasteiger partial charge in [-0.25, -0.2) is 4.79 Å². The summed E-state index contributed by atoms with van der Waals surface area (Å²) in [5.41, 5.74) is 7.92. The summed E-state index contributed by atoms with van der Waals surface area (Å²) in [6.45, 7) is 4.20. The topological polar surface area (TPSA) is 59.6 Å². The Morgan fingerprint density at radius 3 is 2.17 bits per heavy atom. The van der Waals surface area contributed by atoms with Crippen molar-refractivity contribution in [3.8, 4) is 11.5 Å². The van der Waals surface area contributed by atoms with Crippen molar-refractivity contribution in [2.45, 2.75) is 25.9 Å². The van der Waals surface area contributed by atoms with Gasteiger partial charge in [0.1, 0.15) is 11.5 Å². The van der Waals surface area contributed by atoms with Crippen molar-refractivity contribution in [3.05, 3.63) is 143 Å². The molecule has 0 aromatic heterocycles. The van der Waals surface area contributed by atoms with Gasteiger partial charge in [-0.05, 0) is 79.1 Å². The zero-order valence-corrected chi connectivity index (χ0v) is 22.3. The van der Waals surface area contributed by atoms with Crippen LogP contribution in [0.1, 0.15) is 45.1 Å². The van der Waals surface area contributed by atoms with Crippen LogP contribution in [0.5, 0.6) is 11.5 Å². The smallest absolute Gasteiger partial charge is 0.340 e. The largest absolute Gasteiger partial charge is 0.456 e. The molecule has 0 saturated carbocycles. The Balaban J connectivity index is 1.38. The predicted octanol–water partition coefficient (Wildman–Crippen LogP) is 8.61. The summed E-state index contributed by atoms with van der Waals surface area (Å²) < 4.78 is 12.9. The molecule has 2 N–H and O–H groups in total. The molecule has 5 nitrogen and oxygen atoms in total. The van der Waals surface area contributed by atoms with Gasteiger partial charge in [0.2, 0.25) is 0 Å². The van der Waals surface area contributed by atoms with E-state index in [4.69, 9.17) is 9.47 Å². The first-order valence-corrected chi connectivity index (χ1v) is 13.5. The Bertz CT molecular complexity index is 1760. The van der Waals surface area contributed by atoms with Crippen LogP contribution in [0.2, 0.25) is 0 Å². The molecule has 2 heterocycles. The lowest BCUT2D eigenvalue weighted by atomic mass is 9.77. The van der Waals surface area contributed by atoms with Crippen LogP contribution in [0.4, 0.5) is 22.7 Å². The molecule has 1 unspecified atom stereocenters. The Labute approximate surface area is 233 Å². The number of rotatable bonds is 5. The third-order valence-corrected chi connectivity index (χ3v) is 7.76. The van der Waals surface area contributed by atoms with Crippen LogP contribution in [-0.4, -0.2) is 5.97 Å². The Hall–Kier alpha value is -5.03. The molecule has 2 aliphatic heterocycles. The molecule has 0 amide bonds. The zero-order valence-electron chi connectivity index (χ0n) is 22.3. The number of esters is 1. The maximum Gasteiger partial charge on any atom is 0.340 e. The number of ether oxygens (including phenoxy) is 2. The standard InChI is InChI=1S/C35H28N2O3/c1-3-23-13-15-25(16-14-23)37-31-21-30-32(19-22(31)2)39-33-20-26(36-24-9-5-4-6-10-24)17-18-29(33)35(30)28-12-8-7-11-27(28)34(38)40-35/h4-21,36-37H,3H2,1-2H3. The Morgan fingerprint density at radius 1 is 0.675 bits per heavy atom. The van der Waals surface area contributed by atoms with E-state index in [2.05, 4.69) is 54.8 Å². The summed E-state index contributed by atoms with van der Waals surface area (Å²) in [5, 5.41) is 7.01. The average Bonchev–Trinajstić information content (AvgIpc) is 3.27. The molecule has 7 rings (SSSR count). The normalized spacial score (nSPS) is 16.4. The number of para-hydroxylation sites is 1. The van der Waals surface area contributed by atoms with E-state index in [0.717, 1.165) is 51.4 Å². The first-order chi connectivity index (χ1) is 19.5. The minimum absolute atomic E-state index is 0.342. The second-order valence-electron chi connectivity index (χ2n) is 10.3. The third kappa shape index (κ3) is 3.82. The highest BCUT2D eigenvalue weighted by Crippen LogP contribution is 2.57. The molecular formula is C35H28N2O3. The highest BCUT2D eigenvalue weighted by Gasteiger charge is 2.53. The molecule has 40 heavy (non-hydrogen) atoms. The van der Waals surface area contributed by atoms with E-state index in [1.807, 2.05) is 78.9 Å². The van der Waals surface area contributed by atoms with Gasteiger partial charge in [-0.3, -0.25) is 0 Å². The summed E-state index contributed by atoms with van der Waals surface area (Å²) in [6, 6.07) is 36.1. The number of anilines is 4. The first kappa shape index (κ1) is 24.0. The van der Waals surface area contributed by atoms with Crippen molar-refractivity contribution in [3.63, 3.8) is 0 Å². The van der Waals surface area contributed by atoms with E-state index in [0.29, 0.717) is 17.1 Å². The molecule has 0 fully saturated rings. The van der Waals surface area contributed by atoms with E-state index in [1.54, 1.807) is 0 Å². The quantitative estimate of drug-likeness (QED) is 0.225. The Kier molecular flexibility index (Phi) is 5.60. The monoisotopic (exact) mass is 524 g/mol. The van der Waals surface area contributed by atoms with Gasteiger partial charge in [-0.15, -0.1) is 0 Å². The molecule has 5 aromatic carbocycles. The van der Waals surface area contributed by atoms with Gasteiger partial charge < -0.3 is 20.1 Å². The summed E-state index contributed by atoms with van der Waals surface area (Å²) in [5.74, 6) is 0.970. The van der Waals surface area contributed by atoms with Crippen LogP contribution in [0.3, 0.4) is 0 Å². The summed E-state index contributed by atoms with van der Waals surface area (Å²) >= 11 is 0. The molecule has 0 aliphatic carbocycles. The molecule has 5 aromatic rings. The minimum atomic E-state index is -1.13. The van der Waals surface area contributed by atoms with Crippen molar-refractivity contribution < 1.29 is 14.3 Å². The van der Waals surface area contributed by atoms with Crippen LogP contribution >= 0.6 is 0 Å². The zero-order chi connectivity index (χ0) is 27.3. The molecule has 0 radical (unpaired) electrons. The van der Waals surface area contributed by atoms with Crippen molar-refractivity contribution in [2.75, 3.05) is 10.6 Å². The van der Waals surface area contributed by atoms with Crippen LogP contribution < -0.4 is 15.4 Å². The third-order valence-electron chi connectivity index (χ3n) is 7.76. The second-order valence-corrected chi connectivity index (χ2v) is 10.3. The van der Waals surface area contributed by atoms with Crippen molar-refractivity contribution in [2.24, 2.45) is 0 Å². The fourth-order valence-corrected chi connectivity index (χ4v) is 5.70. The molecule has 5 heteroatoms. The number of benzene rings is 5. The van der Waals surface area contributed by atoms with Gasteiger partial charge in [0.15, 0.2) is 5.60 Å². The summed E-state index contributed by atoms with van der Waals surface area (Å²) in [4.78, 5) is 13.3. The number of carbonyl (C=O) groups excluding carboxylic acids is 1. The molecule has 0 saturated heterocycles. The van der Waals surface area contributed by atoms with Gasteiger partial charge in [0, 0.05) is 45.5 Å². The SMILES string of the molecule is CCc1ccc(Nc2cc3c(cc2C)Oc2cc(Nc4ccccc4)ccc2C32OC(=O)c3ccccc32)cc1. The van der Waals surface area contributed by atoms with Gasteiger partial charge in [-0.1, -0.05) is 55.5 Å². The van der Waals surface area contributed by atoms with Crippen molar-refractivity contribution >= 4 is 28.7 Å². The van der Waals surface area contributed by atoms with Crippen molar-refractivity contribution in [1.82, 2.24) is 0 Å². The van der Waals surface area contributed by atoms with E-state index in [9.17, 15) is 4.79 Å². The Morgan fingerprint density at radius 2 is 1.38 bits per heavy atom. The van der Waals surface area contributed by atoms with Gasteiger partial charge >= 0.3 is 5.97 Å². The van der Waals surface area contributed by atoms with Gasteiger partial charge in [0.25, 0.3) is 0 Å². The molecule has 196 valence electrons. The van der Waals surface area contributed by atoms with Crippen LogP contribution in [0.25, 0.3) is 0 Å². The van der Waals surface area contributed by atoms with E-state index in [1.165, 1.54) is 5.56 Å². The lowest BCUT2D eigenvalue weighted by molar-refractivity contribution is 0.0224.